The van der Waals surface area contributed by atoms with Crippen LogP contribution in [0.15, 0.2) is 83.8 Å². The predicted molar refractivity (Wildman–Crippen MR) is 139 cm³/mol. The SMILES string of the molecule is CCOc1ccc(N(C(=O)CCCOc2ccc(C(C)(C)C)cc2)S(=O)(=O)c2ccccc2)cc1. The molecule has 0 unspecified atom stereocenters. The molecule has 0 aliphatic carbocycles. The molecule has 35 heavy (non-hydrogen) atoms. The quantitative estimate of drug-likeness (QED) is 0.324. The lowest BCUT2D eigenvalue weighted by atomic mass is 9.87. The summed E-state index contributed by atoms with van der Waals surface area (Å²) in [5, 5.41) is 0. The summed E-state index contributed by atoms with van der Waals surface area (Å²) < 4.78 is 38.9. The van der Waals surface area contributed by atoms with Crippen molar-refractivity contribution >= 4 is 21.6 Å². The molecule has 0 fully saturated rings. The van der Waals surface area contributed by atoms with Crippen LogP contribution < -0.4 is 13.8 Å². The normalized spacial score (nSPS) is 11.7. The molecule has 0 aliphatic rings. The Balaban J connectivity index is 1.72. The van der Waals surface area contributed by atoms with Crippen LogP contribution in [0.25, 0.3) is 0 Å². The number of rotatable bonds is 10. The van der Waals surface area contributed by atoms with E-state index in [1.54, 1.807) is 42.5 Å². The minimum atomic E-state index is -4.08. The van der Waals surface area contributed by atoms with Crippen LogP contribution in [-0.4, -0.2) is 27.5 Å². The van der Waals surface area contributed by atoms with Gasteiger partial charge < -0.3 is 9.47 Å². The summed E-state index contributed by atoms with van der Waals surface area (Å²) in [5.41, 5.74) is 1.53. The maximum atomic E-state index is 13.4. The van der Waals surface area contributed by atoms with Crippen molar-refractivity contribution in [2.75, 3.05) is 17.5 Å². The van der Waals surface area contributed by atoms with Crippen LogP contribution in [0.4, 0.5) is 5.69 Å². The standard InChI is InChI=1S/C28H33NO5S/c1-5-33-24-19-15-23(16-20-24)29(35(31,32)26-10-7-6-8-11-26)27(30)12-9-21-34-25-17-13-22(14-18-25)28(2,3)4/h6-8,10-11,13-20H,5,9,12,21H2,1-4H3. The zero-order valence-corrected chi connectivity index (χ0v) is 21.5. The Hall–Kier alpha value is -3.32. The van der Waals surface area contributed by atoms with Crippen molar-refractivity contribution in [3.63, 3.8) is 0 Å². The van der Waals surface area contributed by atoms with Crippen LogP contribution in [-0.2, 0) is 20.2 Å². The van der Waals surface area contributed by atoms with E-state index in [1.165, 1.54) is 17.7 Å². The van der Waals surface area contributed by atoms with Crippen LogP contribution in [0, 0.1) is 0 Å². The third-order valence-electron chi connectivity index (χ3n) is 5.41. The fraction of sp³-hybridized carbons (Fsp3) is 0.321. The molecule has 0 bridgehead atoms. The van der Waals surface area contributed by atoms with Gasteiger partial charge in [-0.15, -0.1) is 0 Å². The van der Waals surface area contributed by atoms with Crippen LogP contribution >= 0.6 is 0 Å². The van der Waals surface area contributed by atoms with E-state index in [1.807, 2.05) is 31.2 Å². The van der Waals surface area contributed by atoms with Crippen LogP contribution in [0.3, 0.4) is 0 Å². The van der Waals surface area contributed by atoms with Crippen molar-refractivity contribution in [3.05, 3.63) is 84.4 Å². The van der Waals surface area contributed by atoms with E-state index in [-0.39, 0.29) is 22.4 Å². The van der Waals surface area contributed by atoms with Crippen molar-refractivity contribution in [2.24, 2.45) is 0 Å². The minimum absolute atomic E-state index is 0.0132. The summed E-state index contributed by atoms with van der Waals surface area (Å²) in [4.78, 5) is 13.3. The number of hydrogen-bond donors (Lipinski definition) is 0. The van der Waals surface area contributed by atoms with Crippen molar-refractivity contribution < 1.29 is 22.7 Å². The number of hydrogen-bond acceptors (Lipinski definition) is 5. The second-order valence-corrected chi connectivity index (χ2v) is 10.9. The summed E-state index contributed by atoms with van der Waals surface area (Å²) >= 11 is 0. The highest BCUT2D eigenvalue weighted by Crippen LogP contribution is 2.28. The van der Waals surface area contributed by atoms with Gasteiger partial charge in [0.2, 0.25) is 5.91 Å². The molecule has 0 aliphatic heterocycles. The van der Waals surface area contributed by atoms with E-state index in [0.29, 0.717) is 31.1 Å². The van der Waals surface area contributed by atoms with Crippen LogP contribution in [0.2, 0.25) is 0 Å². The number of amides is 1. The van der Waals surface area contributed by atoms with Gasteiger partial charge in [-0.05, 0) is 72.9 Å². The number of carbonyl (C=O) groups is 1. The van der Waals surface area contributed by atoms with Gasteiger partial charge in [0.15, 0.2) is 0 Å². The Bertz CT molecular complexity index is 1200. The van der Waals surface area contributed by atoms with Gasteiger partial charge >= 0.3 is 0 Å². The highest BCUT2D eigenvalue weighted by molar-refractivity contribution is 7.93. The molecule has 3 rings (SSSR count). The molecule has 1 amide bonds. The van der Waals surface area contributed by atoms with Gasteiger partial charge in [0, 0.05) is 6.42 Å². The van der Waals surface area contributed by atoms with Crippen molar-refractivity contribution in [1.29, 1.82) is 0 Å². The molecular formula is C28H33NO5S. The average Bonchev–Trinajstić information content (AvgIpc) is 2.83. The monoisotopic (exact) mass is 495 g/mol. The third kappa shape index (κ3) is 6.85. The van der Waals surface area contributed by atoms with E-state index in [0.717, 1.165) is 4.31 Å². The number of benzene rings is 3. The Morgan fingerprint density at radius 1 is 0.829 bits per heavy atom. The molecule has 0 radical (unpaired) electrons. The lowest BCUT2D eigenvalue weighted by Gasteiger charge is -2.23. The molecule has 3 aromatic rings. The minimum Gasteiger partial charge on any atom is -0.494 e. The van der Waals surface area contributed by atoms with Crippen molar-refractivity contribution in [3.8, 4) is 11.5 Å². The number of ether oxygens (including phenoxy) is 2. The smallest absolute Gasteiger partial charge is 0.270 e. The second-order valence-electron chi connectivity index (χ2n) is 9.13. The molecule has 6 nitrogen and oxygen atoms in total. The Labute approximate surface area is 208 Å². The Morgan fingerprint density at radius 3 is 1.97 bits per heavy atom. The summed E-state index contributed by atoms with van der Waals surface area (Å²) in [6.45, 7) is 9.09. The zero-order valence-electron chi connectivity index (χ0n) is 20.7. The number of sulfonamides is 1. The lowest BCUT2D eigenvalue weighted by Crippen LogP contribution is -2.37. The molecule has 7 heteroatoms. The van der Waals surface area contributed by atoms with E-state index in [4.69, 9.17) is 9.47 Å². The zero-order chi connectivity index (χ0) is 25.5. The fourth-order valence-electron chi connectivity index (χ4n) is 3.53. The highest BCUT2D eigenvalue weighted by Gasteiger charge is 2.30. The van der Waals surface area contributed by atoms with Gasteiger partial charge in [-0.25, -0.2) is 12.7 Å². The first-order valence-electron chi connectivity index (χ1n) is 11.7. The first-order chi connectivity index (χ1) is 16.6. The van der Waals surface area contributed by atoms with Gasteiger partial charge in [-0.1, -0.05) is 51.1 Å². The maximum absolute atomic E-state index is 13.4. The molecule has 186 valence electrons. The maximum Gasteiger partial charge on any atom is 0.270 e. The molecule has 0 saturated carbocycles. The van der Waals surface area contributed by atoms with E-state index < -0.39 is 15.9 Å². The topological polar surface area (TPSA) is 72.9 Å². The largest absolute Gasteiger partial charge is 0.494 e. The first-order valence-corrected chi connectivity index (χ1v) is 13.2. The summed E-state index contributed by atoms with van der Waals surface area (Å²) in [7, 11) is -4.08. The van der Waals surface area contributed by atoms with Gasteiger partial charge in [-0.2, -0.15) is 0 Å². The lowest BCUT2D eigenvalue weighted by molar-refractivity contribution is -0.117. The fourth-order valence-corrected chi connectivity index (χ4v) is 5.00. The summed E-state index contributed by atoms with van der Waals surface area (Å²) in [6.07, 6.45) is 0.386. The first kappa shape index (κ1) is 26.3. The third-order valence-corrected chi connectivity index (χ3v) is 7.18. The molecular weight excluding hydrogens is 462 g/mol. The second kappa shape index (κ2) is 11.4. The van der Waals surface area contributed by atoms with Gasteiger partial charge in [-0.3, -0.25) is 4.79 Å². The molecule has 0 heterocycles. The van der Waals surface area contributed by atoms with E-state index >= 15 is 0 Å². The Kier molecular flexibility index (Phi) is 8.57. The van der Waals surface area contributed by atoms with Crippen molar-refractivity contribution in [2.45, 2.75) is 50.8 Å². The number of nitrogens with zero attached hydrogens (tertiary/aromatic N) is 1. The van der Waals surface area contributed by atoms with Crippen LogP contribution in [0.5, 0.6) is 11.5 Å². The van der Waals surface area contributed by atoms with Gasteiger partial charge in [0.1, 0.15) is 11.5 Å². The molecule has 0 spiro atoms. The molecule has 0 saturated heterocycles. The van der Waals surface area contributed by atoms with Crippen LogP contribution in [0.1, 0.15) is 46.1 Å². The highest BCUT2D eigenvalue weighted by atomic mass is 32.2. The van der Waals surface area contributed by atoms with E-state index in [9.17, 15) is 13.2 Å². The van der Waals surface area contributed by atoms with Crippen molar-refractivity contribution in [1.82, 2.24) is 0 Å². The number of carbonyl (C=O) groups excluding carboxylic acids is 1. The molecule has 0 aromatic heterocycles. The molecule has 3 aromatic carbocycles. The number of anilines is 1. The van der Waals surface area contributed by atoms with Gasteiger partial charge in [0.25, 0.3) is 10.0 Å². The Morgan fingerprint density at radius 2 is 1.40 bits per heavy atom. The summed E-state index contributed by atoms with van der Waals surface area (Å²) in [5.74, 6) is 0.794. The molecule has 0 N–H and O–H groups in total. The average molecular weight is 496 g/mol. The molecule has 0 atom stereocenters. The van der Waals surface area contributed by atoms with E-state index in [2.05, 4.69) is 20.8 Å². The van der Waals surface area contributed by atoms with Gasteiger partial charge in [0.05, 0.1) is 23.8 Å². The summed E-state index contributed by atoms with van der Waals surface area (Å²) in [6, 6.07) is 22.3. The predicted octanol–water partition coefficient (Wildman–Crippen LogP) is 5.96.